The standard InChI is InChI=1S/C18H24ClN3O2S/c1-10-7-8-12(19)9-15(10)20-16(23)11(2)25-18-21-14-6-4-3-5-13(14)17(24)22-18/h7-9,11,13-14,18,21H,3-6H2,1-2H3,(H,20,23)(H,22,24). The molecule has 1 aliphatic heterocycles. The van der Waals surface area contributed by atoms with Gasteiger partial charge in [-0.05, 0) is 44.4 Å². The van der Waals surface area contributed by atoms with Gasteiger partial charge in [0.05, 0.1) is 11.2 Å². The van der Waals surface area contributed by atoms with Gasteiger partial charge in [-0.3, -0.25) is 14.9 Å². The molecule has 2 fully saturated rings. The van der Waals surface area contributed by atoms with Gasteiger partial charge in [-0.1, -0.05) is 30.5 Å². The number of thioether (sulfide) groups is 1. The number of carbonyl (C=O) groups is 2. The van der Waals surface area contributed by atoms with Crippen LogP contribution >= 0.6 is 23.4 Å². The molecule has 0 spiro atoms. The number of rotatable bonds is 4. The third-order valence-corrected chi connectivity index (χ3v) is 6.29. The quantitative estimate of drug-likeness (QED) is 0.748. The Morgan fingerprint density at radius 2 is 2.12 bits per heavy atom. The Morgan fingerprint density at radius 3 is 2.92 bits per heavy atom. The van der Waals surface area contributed by atoms with Crippen molar-refractivity contribution in [2.45, 2.75) is 56.3 Å². The second-order valence-corrected chi connectivity index (χ2v) is 8.67. The Balaban J connectivity index is 1.58. The molecule has 3 N–H and O–H groups in total. The number of carbonyl (C=O) groups excluding carboxylic acids is 2. The largest absolute Gasteiger partial charge is 0.331 e. The van der Waals surface area contributed by atoms with Crippen molar-refractivity contribution in [1.82, 2.24) is 10.6 Å². The first-order valence-electron chi connectivity index (χ1n) is 8.73. The maximum absolute atomic E-state index is 12.5. The topological polar surface area (TPSA) is 70.2 Å². The summed E-state index contributed by atoms with van der Waals surface area (Å²) in [5.74, 6) is 0.0836. The van der Waals surface area contributed by atoms with Crippen LogP contribution < -0.4 is 16.0 Å². The van der Waals surface area contributed by atoms with E-state index in [1.54, 1.807) is 12.1 Å². The minimum atomic E-state index is -0.309. The summed E-state index contributed by atoms with van der Waals surface area (Å²) < 4.78 is 0. The number of anilines is 1. The minimum absolute atomic E-state index is 0.0730. The molecular formula is C18H24ClN3O2S. The Labute approximate surface area is 157 Å². The van der Waals surface area contributed by atoms with Gasteiger partial charge in [0.15, 0.2) is 0 Å². The van der Waals surface area contributed by atoms with Gasteiger partial charge in [0, 0.05) is 16.8 Å². The van der Waals surface area contributed by atoms with Crippen molar-refractivity contribution in [3.63, 3.8) is 0 Å². The summed E-state index contributed by atoms with van der Waals surface area (Å²) in [6.45, 7) is 3.77. The summed E-state index contributed by atoms with van der Waals surface area (Å²) in [4.78, 5) is 24.8. The van der Waals surface area contributed by atoms with E-state index >= 15 is 0 Å². The maximum atomic E-state index is 12.5. The van der Waals surface area contributed by atoms with E-state index in [1.807, 2.05) is 19.9 Å². The molecule has 0 aromatic heterocycles. The number of halogens is 1. The van der Waals surface area contributed by atoms with E-state index in [-0.39, 0.29) is 34.5 Å². The molecule has 136 valence electrons. The molecule has 25 heavy (non-hydrogen) atoms. The van der Waals surface area contributed by atoms with Gasteiger partial charge in [0.25, 0.3) is 0 Å². The van der Waals surface area contributed by atoms with Gasteiger partial charge in [-0.2, -0.15) is 0 Å². The minimum Gasteiger partial charge on any atom is -0.331 e. The van der Waals surface area contributed by atoms with Crippen LogP contribution in [-0.2, 0) is 9.59 Å². The number of hydrogen-bond donors (Lipinski definition) is 3. The highest BCUT2D eigenvalue weighted by Gasteiger charge is 2.38. The van der Waals surface area contributed by atoms with Crippen LogP contribution in [-0.4, -0.2) is 28.6 Å². The summed E-state index contributed by atoms with van der Waals surface area (Å²) in [7, 11) is 0. The van der Waals surface area contributed by atoms with Crippen molar-refractivity contribution in [2.75, 3.05) is 5.32 Å². The van der Waals surface area contributed by atoms with Crippen LogP contribution in [0, 0.1) is 12.8 Å². The van der Waals surface area contributed by atoms with E-state index in [9.17, 15) is 9.59 Å². The third kappa shape index (κ3) is 4.49. The molecule has 1 aromatic rings. The number of nitrogens with one attached hydrogen (secondary N) is 3. The first kappa shape index (κ1) is 18.5. The molecule has 1 aliphatic carbocycles. The number of benzene rings is 1. The van der Waals surface area contributed by atoms with Crippen LogP contribution in [0.25, 0.3) is 0 Å². The molecule has 1 aromatic carbocycles. The predicted octanol–water partition coefficient (Wildman–Crippen LogP) is 3.27. The highest BCUT2D eigenvalue weighted by molar-refractivity contribution is 8.01. The second-order valence-electron chi connectivity index (χ2n) is 6.78. The van der Waals surface area contributed by atoms with Crippen molar-refractivity contribution >= 4 is 40.9 Å². The normalized spacial score (nSPS) is 27.2. The summed E-state index contributed by atoms with van der Waals surface area (Å²) in [6, 6.07) is 5.65. The zero-order valence-electron chi connectivity index (χ0n) is 14.5. The summed E-state index contributed by atoms with van der Waals surface area (Å²) in [6.07, 6.45) is 4.25. The highest BCUT2D eigenvalue weighted by atomic mass is 35.5. The molecule has 0 bridgehead atoms. The first-order valence-corrected chi connectivity index (χ1v) is 10.0. The summed E-state index contributed by atoms with van der Waals surface area (Å²) >= 11 is 7.43. The van der Waals surface area contributed by atoms with Crippen LogP contribution in [0.4, 0.5) is 5.69 Å². The van der Waals surface area contributed by atoms with Gasteiger partial charge in [0.1, 0.15) is 5.50 Å². The van der Waals surface area contributed by atoms with Crippen molar-refractivity contribution in [2.24, 2.45) is 5.92 Å². The molecule has 1 saturated heterocycles. The average Bonchev–Trinajstić information content (AvgIpc) is 2.58. The van der Waals surface area contributed by atoms with E-state index < -0.39 is 0 Å². The van der Waals surface area contributed by atoms with Gasteiger partial charge in [-0.25, -0.2) is 0 Å². The van der Waals surface area contributed by atoms with E-state index in [0.717, 1.165) is 36.9 Å². The molecule has 0 radical (unpaired) electrons. The molecule has 1 saturated carbocycles. The Hall–Kier alpha value is -1.24. The van der Waals surface area contributed by atoms with E-state index in [1.165, 1.54) is 11.8 Å². The zero-order chi connectivity index (χ0) is 18.0. The Kier molecular flexibility index (Phi) is 5.92. The molecule has 7 heteroatoms. The molecule has 5 nitrogen and oxygen atoms in total. The smallest absolute Gasteiger partial charge is 0.237 e. The predicted molar refractivity (Wildman–Crippen MR) is 103 cm³/mol. The molecule has 4 unspecified atom stereocenters. The van der Waals surface area contributed by atoms with E-state index in [2.05, 4.69) is 16.0 Å². The lowest BCUT2D eigenvalue weighted by Crippen LogP contribution is -2.61. The van der Waals surface area contributed by atoms with Gasteiger partial charge >= 0.3 is 0 Å². The van der Waals surface area contributed by atoms with E-state index in [0.29, 0.717) is 5.02 Å². The van der Waals surface area contributed by atoms with Crippen molar-refractivity contribution in [3.05, 3.63) is 28.8 Å². The molecule has 4 atom stereocenters. The van der Waals surface area contributed by atoms with Crippen LogP contribution in [0.1, 0.15) is 38.2 Å². The Bertz CT molecular complexity index is 670. The number of hydrogen-bond acceptors (Lipinski definition) is 4. The van der Waals surface area contributed by atoms with Gasteiger partial charge in [-0.15, -0.1) is 11.8 Å². The highest BCUT2D eigenvalue weighted by Crippen LogP contribution is 2.30. The molecular weight excluding hydrogens is 358 g/mol. The fourth-order valence-corrected chi connectivity index (χ4v) is 4.62. The lowest BCUT2D eigenvalue weighted by molar-refractivity contribution is -0.129. The summed E-state index contributed by atoms with van der Waals surface area (Å²) in [5, 5.41) is 9.69. The number of amides is 2. The zero-order valence-corrected chi connectivity index (χ0v) is 16.0. The molecule has 3 rings (SSSR count). The first-order chi connectivity index (χ1) is 11.9. The molecule has 2 aliphatic rings. The van der Waals surface area contributed by atoms with E-state index in [4.69, 9.17) is 11.6 Å². The number of aryl methyl sites for hydroxylation is 1. The van der Waals surface area contributed by atoms with Crippen LogP contribution in [0.5, 0.6) is 0 Å². The number of fused-ring (bicyclic) bond motifs is 1. The Morgan fingerprint density at radius 1 is 1.36 bits per heavy atom. The fourth-order valence-electron chi connectivity index (χ4n) is 3.42. The van der Waals surface area contributed by atoms with Gasteiger partial charge < -0.3 is 10.6 Å². The van der Waals surface area contributed by atoms with Crippen LogP contribution in [0.3, 0.4) is 0 Å². The van der Waals surface area contributed by atoms with Crippen LogP contribution in [0.2, 0.25) is 5.02 Å². The van der Waals surface area contributed by atoms with Crippen LogP contribution in [0.15, 0.2) is 18.2 Å². The lowest BCUT2D eigenvalue weighted by Gasteiger charge is -2.40. The maximum Gasteiger partial charge on any atom is 0.237 e. The van der Waals surface area contributed by atoms with Crippen molar-refractivity contribution in [1.29, 1.82) is 0 Å². The summed E-state index contributed by atoms with van der Waals surface area (Å²) in [5.41, 5.74) is 1.45. The average molecular weight is 382 g/mol. The van der Waals surface area contributed by atoms with Crippen molar-refractivity contribution in [3.8, 4) is 0 Å². The third-order valence-electron chi connectivity index (χ3n) is 4.91. The molecule has 1 heterocycles. The SMILES string of the molecule is Cc1ccc(Cl)cc1NC(=O)C(C)SC1NC(=O)C2CCCCC2N1. The monoisotopic (exact) mass is 381 g/mol. The lowest BCUT2D eigenvalue weighted by atomic mass is 9.83. The van der Waals surface area contributed by atoms with Crippen molar-refractivity contribution < 1.29 is 9.59 Å². The molecule has 2 amide bonds. The fraction of sp³-hybridized carbons (Fsp3) is 0.556. The second kappa shape index (κ2) is 7.98. The van der Waals surface area contributed by atoms with Gasteiger partial charge in [0.2, 0.25) is 11.8 Å².